The van der Waals surface area contributed by atoms with Crippen molar-refractivity contribution in [2.24, 2.45) is 0 Å². The first-order valence-corrected chi connectivity index (χ1v) is 4.91. The van der Waals surface area contributed by atoms with Gasteiger partial charge in [-0.1, -0.05) is 13.3 Å². The van der Waals surface area contributed by atoms with Crippen LogP contribution in [0.3, 0.4) is 0 Å². The molecule has 1 aromatic rings. The highest BCUT2D eigenvalue weighted by Crippen LogP contribution is 2.13. The molecule has 1 unspecified atom stereocenters. The maximum Gasteiger partial charge on any atom is 0.0558 e. The van der Waals surface area contributed by atoms with Crippen LogP contribution in [0.5, 0.6) is 0 Å². The minimum absolute atomic E-state index is 0.535. The first-order chi connectivity index (χ1) is 6.24. The Hall–Kier alpha value is -1.05. The third kappa shape index (κ3) is 3.05. The van der Waals surface area contributed by atoms with Crippen LogP contribution in [0.1, 0.15) is 32.3 Å². The third-order valence-corrected chi connectivity index (χ3v) is 2.16. The van der Waals surface area contributed by atoms with Crippen molar-refractivity contribution in [3.63, 3.8) is 0 Å². The Labute approximate surface area is 80.4 Å². The molecular formula is C11H18N2. The molecule has 1 rings (SSSR count). The van der Waals surface area contributed by atoms with Gasteiger partial charge in [-0.2, -0.15) is 0 Å². The predicted molar refractivity (Wildman–Crippen MR) is 57.0 cm³/mol. The predicted octanol–water partition coefficient (Wildman–Crippen LogP) is 2.99. The Morgan fingerprint density at radius 3 is 2.92 bits per heavy atom. The van der Waals surface area contributed by atoms with Gasteiger partial charge in [0.05, 0.1) is 11.9 Å². The van der Waals surface area contributed by atoms with E-state index < -0.39 is 0 Å². The van der Waals surface area contributed by atoms with E-state index in [0.29, 0.717) is 6.04 Å². The smallest absolute Gasteiger partial charge is 0.0558 e. The van der Waals surface area contributed by atoms with E-state index >= 15 is 0 Å². The molecule has 0 saturated carbocycles. The zero-order chi connectivity index (χ0) is 9.68. The molecule has 1 aromatic heterocycles. The van der Waals surface area contributed by atoms with E-state index in [-0.39, 0.29) is 0 Å². The second kappa shape index (κ2) is 4.85. The molecule has 0 aliphatic heterocycles. The first kappa shape index (κ1) is 10.0. The topological polar surface area (TPSA) is 24.9 Å². The van der Waals surface area contributed by atoms with Crippen LogP contribution in [-0.4, -0.2) is 11.0 Å². The molecule has 1 N–H and O–H groups in total. The number of aromatic nitrogens is 1. The highest BCUT2D eigenvalue weighted by molar-refractivity contribution is 5.48. The summed E-state index contributed by atoms with van der Waals surface area (Å²) in [6.07, 6.45) is 6.13. The van der Waals surface area contributed by atoms with Gasteiger partial charge in [0, 0.05) is 12.2 Å². The fourth-order valence-electron chi connectivity index (χ4n) is 1.39. The van der Waals surface area contributed by atoms with Crippen LogP contribution in [-0.2, 0) is 0 Å². The molecule has 0 spiro atoms. The molecule has 72 valence electrons. The van der Waals surface area contributed by atoms with E-state index in [0.717, 1.165) is 5.69 Å². The number of hydrogen-bond donors (Lipinski definition) is 1. The lowest BCUT2D eigenvalue weighted by Gasteiger charge is -2.15. The van der Waals surface area contributed by atoms with Gasteiger partial charge in [0.25, 0.3) is 0 Å². The standard InChI is InChI=1S/C11H18N2/c1-4-5-10(3)13-11-8-12-7-6-9(11)2/h6-8,10,13H,4-5H2,1-3H3. The second-order valence-corrected chi connectivity index (χ2v) is 3.52. The number of rotatable bonds is 4. The van der Waals surface area contributed by atoms with Crippen molar-refractivity contribution in [2.45, 2.75) is 39.7 Å². The highest BCUT2D eigenvalue weighted by Gasteiger charge is 2.01. The van der Waals surface area contributed by atoms with Gasteiger partial charge in [0.1, 0.15) is 0 Å². The maximum atomic E-state index is 4.10. The molecule has 0 aromatic carbocycles. The van der Waals surface area contributed by atoms with Crippen LogP contribution in [0.4, 0.5) is 5.69 Å². The Morgan fingerprint density at radius 1 is 1.54 bits per heavy atom. The van der Waals surface area contributed by atoms with Gasteiger partial charge in [-0.25, -0.2) is 0 Å². The van der Waals surface area contributed by atoms with Gasteiger partial charge in [0.15, 0.2) is 0 Å². The van der Waals surface area contributed by atoms with Gasteiger partial charge < -0.3 is 5.32 Å². The molecule has 0 saturated heterocycles. The van der Waals surface area contributed by atoms with Crippen molar-refractivity contribution in [2.75, 3.05) is 5.32 Å². The van der Waals surface area contributed by atoms with Crippen molar-refractivity contribution in [1.29, 1.82) is 0 Å². The van der Waals surface area contributed by atoms with Crippen LogP contribution in [0.25, 0.3) is 0 Å². The number of hydrogen-bond acceptors (Lipinski definition) is 2. The van der Waals surface area contributed by atoms with Crippen LogP contribution >= 0.6 is 0 Å². The molecule has 2 heteroatoms. The van der Waals surface area contributed by atoms with Gasteiger partial charge in [-0.3, -0.25) is 4.98 Å². The number of aryl methyl sites for hydroxylation is 1. The number of nitrogens with one attached hydrogen (secondary N) is 1. The largest absolute Gasteiger partial charge is 0.381 e. The van der Waals surface area contributed by atoms with Crippen LogP contribution in [0.15, 0.2) is 18.5 Å². The molecule has 0 aliphatic rings. The quantitative estimate of drug-likeness (QED) is 0.766. The molecule has 13 heavy (non-hydrogen) atoms. The summed E-state index contributed by atoms with van der Waals surface area (Å²) in [6, 6.07) is 2.56. The molecule has 1 heterocycles. The van der Waals surface area contributed by atoms with E-state index in [1.807, 2.05) is 18.5 Å². The third-order valence-electron chi connectivity index (χ3n) is 2.16. The molecule has 0 amide bonds. The summed E-state index contributed by atoms with van der Waals surface area (Å²) in [5, 5.41) is 3.45. The Balaban J connectivity index is 2.58. The fraction of sp³-hybridized carbons (Fsp3) is 0.545. The average molecular weight is 178 g/mol. The monoisotopic (exact) mass is 178 g/mol. The molecule has 0 aliphatic carbocycles. The minimum Gasteiger partial charge on any atom is -0.381 e. The lowest BCUT2D eigenvalue weighted by molar-refractivity contribution is 0.689. The Bertz CT molecular complexity index is 258. The van der Waals surface area contributed by atoms with Crippen molar-refractivity contribution < 1.29 is 0 Å². The van der Waals surface area contributed by atoms with Crippen molar-refractivity contribution in [3.05, 3.63) is 24.0 Å². The summed E-state index contributed by atoms with van der Waals surface area (Å²) in [6.45, 7) is 6.51. The zero-order valence-electron chi connectivity index (χ0n) is 8.67. The number of pyridine rings is 1. The molecule has 1 atom stereocenters. The molecule has 0 bridgehead atoms. The summed E-state index contributed by atoms with van der Waals surface area (Å²) in [5.74, 6) is 0. The van der Waals surface area contributed by atoms with E-state index in [4.69, 9.17) is 0 Å². The maximum absolute atomic E-state index is 4.10. The van der Waals surface area contributed by atoms with Crippen molar-refractivity contribution in [1.82, 2.24) is 4.98 Å². The van der Waals surface area contributed by atoms with E-state index in [2.05, 4.69) is 31.1 Å². The van der Waals surface area contributed by atoms with Gasteiger partial charge in [0.2, 0.25) is 0 Å². The van der Waals surface area contributed by atoms with Gasteiger partial charge in [-0.15, -0.1) is 0 Å². The normalized spacial score (nSPS) is 12.5. The second-order valence-electron chi connectivity index (χ2n) is 3.52. The summed E-state index contributed by atoms with van der Waals surface area (Å²) in [5.41, 5.74) is 2.42. The van der Waals surface area contributed by atoms with Gasteiger partial charge in [-0.05, 0) is 31.9 Å². The lowest BCUT2D eigenvalue weighted by atomic mass is 10.1. The van der Waals surface area contributed by atoms with E-state index in [9.17, 15) is 0 Å². The molecular weight excluding hydrogens is 160 g/mol. The highest BCUT2D eigenvalue weighted by atomic mass is 14.9. The van der Waals surface area contributed by atoms with Crippen LogP contribution in [0.2, 0.25) is 0 Å². The minimum atomic E-state index is 0.535. The number of anilines is 1. The SMILES string of the molecule is CCCC(C)Nc1cnccc1C. The lowest BCUT2D eigenvalue weighted by Crippen LogP contribution is -2.15. The summed E-state index contributed by atoms with van der Waals surface area (Å²) in [4.78, 5) is 4.10. The van der Waals surface area contributed by atoms with Crippen molar-refractivity contribution in [3.8, 4) is 0 Å². The molecule has 0 radical (unpaired) electrons. The first-order valence-electron chi connectivity index (χ1n) is 4.91. The van der Waals surface area contributed by atoms with E-state index in [1.54, 1.807) is 0 Å². The average Bonchev–Trinajstić information content (AvgIpc) is 2.09. The number of nitrogens with zero attached hydrogens (tertiary/aromatic N) is 1. The molecule has 2 nitrogen and oxygen atoms in total. The van der Waals surface area contributed by atoms with Crippen LogP contribution in [0, 0.1) is 6.92 Å². The summed E-state index contributed by atoms with van der Waals surface area (Å²) in [7, 11) is 0. The van der Waals surface area contributed by atoms with E-state index in [1.165, 1.54) is 18.4 Å². The Morgan fingerprint density at radius 2 is 2.31 bits per heavy atom. The summed E-state index contributed by atoms with van der Waals surface area (Å²) < 4.78 is 0. The van der Waals surface area contributed by atoms with Crippen LogP contribution < -0.4 is 5.32 Å². The Kier molecular flexibility index (Phi) is 3.74. The molecule has 0 fully saturated rings. The fourth-order valence-corrected chi connectivity index (χ4v) is 1.39. The van der Waals surface area contributed by atoms with Gasteiger partial charge >= 0.3 is 0 Å². The van der Waals surface area contributed by atoms with Crippen molar-refractivity contribution >= 4 is 5.69 Å². The zero-order valence-corrected chi connectivity index (χ0v) is 8.67. The summed E-state index contributed by atoms with van der Waals surface area (Å²) >= 11 is 0.